The molecule has 0 saturated carbocycles. The summed E-state index contributed by atoms with van der Waals surface area (Å²) in [5.74, 6) is -1.30. The van der Waals surface area contributed by atoms with Crippen LogP contribution in [0.3, 0.4) is 0 Å². The molecular formula is C31H34F2IN3O4. The fraction of sp³-hybridized carbons (Fsp3) is 0.355. The van der Waals surface area contributed by atoms with Gasteiger partial charge in [0.15, 0.2) is 6.61 Å². The molecule has 2 atom stereocenters. The first-order valence-corrected chi connectivity index (χ1v) is 14.7. The number of carbonyl (C=O) groups excluding carboxylic acids is 2. The number of carbonyl (C=O) groups is 2. The van der Waals surface area contributed by atoms with Gasteiger partial charge in [0, 0.05) is 35.8 Å². The Labute approximate surface area is 252 Å². The monoisotopic (exact) mass is 677 g/mol. The van der Waals surface area contributed by atoms with Crippen LogP contribution < -0.4 is 15.4 Å². The van der Waals surface area contributed by atoms with E-state index in [0.717, 1.165) is 41.1 Å². The maximum atomic E-state index is 13.8. The van der Waals surface area contributed by atoms with Crippen molar-refractivity contribution in [1.29, 1.82) is 0 Å². The van der Waals surface area contributed by atoms with E-state index in [1.54, 1.807) is 29.2 Å². The number of aliphatic hydroxyl groups is 1. The Hall–Kier alpha value is -3.09. The highest BCUT2D eigenvalue weighted by molar-refractivity contribution is 14.1. The molecule has 3 aromatic carbocycles. The van der Waals surface area contributed by atoms with Gasteiger partial charge < -0.3 is 25.4 Å². The summed E-state index contributed by atoms with van der Waals surface area (Å²) in [5, 5.41) is 17.0. The molecule has 10 heteroatoms. The number of ether oxygens (including phenoxy) is 1. The molecule has 0 aromatic heterocycles. The molecule has 1 heterocycles. The van der Waals surface area contributed by atoms with E-state index in [4.69, 9.17) is 4.74 Å². The number of benzene rings is 3. The normalized spacial score (nSPS) is 14.5. The maximum Gasteiger partial charge on any atom is 0.260 e. The Morgan fingerprint density at radius 1 is 0.951 bits per heavy atom. The average molecular weight is 678 g/mol. The molecule has 0 radical (unpaired) electrons. The van der Waals surface area contributed by atoms with E-state index in [1.807, 2.05) is 24.3 Å². The van der Waals surface area contributed by atoms with Gasteiger partial charge in [-0.25, -0.2) is 8.78 Å². The highest BCUT2D eigenvalue weighted by atomic mass is 127. The van der Waals surface area contributed by atoms with Crippen molar-refractivity contribution >= 4 is 34.4 Å². The topological polar surface area (TPSA) is 90.9 Å². The van der Waals surface area contributed by atoms with E-state index in [-0.39, 0.29) is 37.8 Å². The number of nitrogens with zero attached hydrogens (tertiary/aromatic N) is 1. The van der Waals surface area contributed by atoms with E-state index in [1.165, 1.54) is 12.1 Å². The molecule has 3 aromatic rings. The SMILES string of the molecule is O=C(Cc1ccc(OCC(=O)N2CCCC2)cc1)N[C@H](Cc1cc(F)cc(F)c1)[C@H](O)CNCc1cccc(I)c1. The molecule has 0 unspecified atom stereocenters. The molecule has 3 N–H and O–H groups in total. The van der Waals surface area contributed by atoms with Gasteiger partial charge in [-0.1, -0.05) is 24.3 Å². The van der Waals surface area contributed by atoms with Crippen molar-refractivity contribution in [3.8, 4) is 5.75 Å². The van der Waals surface area contributed by atoms with Crippen LogP contribution in [0.25, 0.3) is 0 Å². The largest absolute Gasteiger partial charge is 0.484 e. The third-order valence-electron chi connectivity index (χ3n) is 6.87. The van der Waals surface area contributed by atoms with E-state index >= 15 is 0 Å². The predicted molar refractivity (Wildman–Crippen MR) is 160 cm³/mol. The van der Waals surface area contributed by atoms with E-state index in [0.29, 0.717) is 23.4 Å². The zero-order valence-corrected chi connectivity index (χ0v) is 24.8. The van der Waals surface area contributed by atoms with E-state index in [2.05, 4.69) is 33.2 Å². The molecule has 218 valence electrons. The number of likely N-dealkylation sites (tertiary alicyclic amines) is 1. The molecule has 2 amide bonds. The minimum absolute atomic E-state index is 0.0301. The number of halogens is 3. The van der Waals surface area contributed by atoms with Crippen molar-refractivity contribution in [1.82, 2.24) is 15.5 Å². The number of nitrogens with one attached hydrogen (secondary N) is 2. The second-order valence-electron chi connectivity index (χ2n) is 10.2. The second kappa shape index (κ2) is 15.2. The Balaban J connectivity index is 1.33. The smallest absolute Gasteiger partial charge is 0.260 e. The molecule has 1 aliphatic heterocycles. The van der Waals surface area contributed by atoms with Crippen molar-refractivity contribution < 1.29 is 28.2 Å². The Morgan fingerprint density at radius 2 is 1.66 bits per heavy atom. The standard InChI is InChI=1S/C31H34F2IN3O4/c32-24-12-23(13-25(33)17-24)15-28(29(38)19-35-18-22-4-3-5-26(34)14-22)36-30(39)16-21-6-8-27(9-7-21)41-20-31(40)37-10-1-2-11-37/h3-9,12-14,17,28-29,35,38H,1-2,10-11,15-16,18-20H2,(H,36,39)/t28-,29-/m1/s1. The first-order valence-electron chi connectivity index (χ1n) is 13.6. The van der Waals surface area contributed by atoms with Gasteiger partial charge in [0.05, 0.1) is 18.6 Å². The fourth-order valence-electron chi connectivity index (χ4n) is 4.77. The van der Waals surface area contributed by atoms with Gasteiger partial charge in [-0.05, 0) is 94.9 Å². The van der Waals surface area contributed by atoms with Crippen LogP contribution in [0.4, 0.5) is 8.78 Å². The lowest BCUT2D eigenvalue weighted by Gasteiger charge is -2.25. The molecule has 0 bridgehead atoms. The van der Waals surface area contributed by atoms with Crippen molar-refractivity contribution in [2.75, 3.05) is 26.2 Å². The Bertz CT molecular complexity index is 1300. The summed E-state index contributed by atoms with van der Waals surface area (Å²) >= 11 is 2.23. The zero-order valence-electron chi connectivity index (χ0n) is 22.6. The van der Waals surface area contributed by atoms with E-state index < -0.39 is 23.8 Å². The molecule has 41 heavy (non-hydrogen) atoms. The van der Waals surface area contributed by atoms with Crippen molar-refractivity contribution in [2.45, 2.75) is 44.4 Å². The average Bonchev–Trinajstić information content (AvgIpc) is 3.47. The summed E-state index contributed by atoms with van der Waals surface area (Å²) in [6.45, 7) is 2.18. The molecule has 1 aliphatic rings. The van der Waals surface area contributed by atoms with Gasteiger partial charge in [0.25, 0.3) is 5.91 Å². The highest BCUT2D eigenvalue weighted by Gasteiger charge is 2.23. The summed E-state index contributed by atoms with van der Waals surface area (Å²) in [6, 6.07) is 17.2. The van der Waals surface area contributed by atoms with Crippen LogP contribution >= 0.6 is 22.6 Å². The lowest BCUT2D eigenvalue weighted by atomic mass is 10.00. The number of aliphatic hydroxyl groups excluding tert-OH is 1. The van der Waals surface area contributed by atoms with Gasteiger partial charge in [-0.3, -0.25) is 9.59 Å². The zero-order chi connectivity index (χ0) is 29.2. The number of amides is 2. The van der Waals surface area contributed by atoms with Crippen LogP contribution in [-0.4, -0.2) is 60.2 Å². The second-order valence-corrected chi connectivity index (χ2v) is 11.4. The minimum atomic E-state index is -1.02. The lowest BCUT2D eigenvalue weighted by Crippen LogP contribution is -2.49. The molecular weight excluding hydrogens is 643 g/mol. The van der Waals surface area contributed by atoms with Crippen molar-refractivity contribution in [2.24, 2.45) is 0 Å². The third kappa shape index (κ3) is 10.0. The summed E-state index contributed by atoms with van der Waals surface area (Å²) in [6.07, 6.45) is 1.09. The van der Waals surface area contributed by atoms with Crippen molar-refractivity contribution in [3.63, 3.8) is 0 Å². The molecule has 1 fully saturated rings. The number of hydrogen-bond acceptors (Lipinski definition) is 5. The van der Waals surface area contributed by atoms with Crippen LogP contribution in [0.15, 0.2) is 66.7 Å². The Kier molecular flexibility index (Phi) is 11.5. The Morgan fingerprint density at radius 3 is 2.34 bits per heavy atom. The van der Waals surface area contributed by atoms with Crippen LogP contribution in [0.1, 0.15) is 29.5 Å². The summed E-state index contributed by atoms with van der Waals surface area (Å²) in [7, 11) is 0. The lowest BCUT2D eigenvalue weighted by molar-refractivity contribution is -0.132. The van der Waals surface area contributed by atoms with Gasteiger partial charge in [0.2, 0.25) is 5.91 Å². The molecule has 0 aliphatic carbocycles. The van der Waals surface area contributed by atoms with Crippen LogP contribution in [0, 0.1) is 15.2 Å². The number of rotatable bonds is 13. The van der Waals surface area contributed by atoms with Gasteiger partial charge >= 0.3 is 0 Å². The summed E-state index contributed by atoms with van der Waals surface area (Å²) in [5.41, 5.74) is 2.08. The van der Waals surface area contributed by atoms with Gasteiger partial charge in [0.1, 0.15) is 17.4 Å². The molecule has 4 rings (SSSR count). The molecule has 1 saturated heterocycles. The third-order valence-corrected chi connectivity index (χ3v) is 7.54. The van der Waals surface area contributed by atoms with Crippen molar-refractivity contribution in [3.05, 3.63) is 98.6 Å². The molecule has 7 nitrogen and oxygen atoms in total. The summed E-state index contributed by atoms with van der Waals surface area (Å²) in [4.78, 5) is 26.9. The molecule has 0 spiro atoms. The van der Waals surface area contributed by atoms with Gasteiger partial charge in [-0.2, -0.15) is 0 Å². The van der Waals surface area contributed by atoms with Crippen LogP contribution in [0.2, 0.25) is 0 Å². The first-order chi connectivity index (χ1) is 19.7. The fourth-order valence-corrected chi connectivity index (χ4v) is 5.38. The predicted octanol–water partition coefficient (Wildman–Crippen LogP) is 3.99. The number of hydrogen-bond donors (Lipinski definition) is 3. The van der Waals surface area contributed by atoms with E-state index in [9.17, 15) is 23.5 Å². The minimum Gasteiger partial charge on any atom is -0.484 e. The van der Waals surface area contributed by atoms with Gasteiger partial charge in [-0.15, -0.1) is 0 Å². The van der Waals surface area contributed by atoms with Crippen LogP contribution in [0.5, 0.6) is 5.75 Å². The first kappa shape index (κ1) is 30.9. The highest BCUT2D eigenvalue weighted by Crippen LogP contribution is 2.16. The quantitative estimate of drug-likeness (QED) is 0.238. The van der Waals surface area contributed by atoms with Crippen LogP contribution in [-0.2, 0) is 29.0 Å². The maximum absolute atomic E-state index is 13.8. The summed E-state index contributed by atoms with van der Waals surface area (Å²) < 4.78 is 34.4.